The van der Waals surface area contributed by atoms with Crippen LogP contribution in [0.15, 0.2) is 0 Å². The van der Waals surface area contributed by atoms with E-state index in [0.29, 0.717) is 19.3 Å². The van der Waals surface area contributed by atoms with E-state index in [2.05, 4.69) is 17.1 Å². The molecule has 1 N–H and O–H groups in total. The molecule has 1 rings (SSSR count). The van der Waals surface area contributed by atoms with Crippen molar-refractivity contribution < 1.29 is 9.47 Å². The predicted molar refractivity (Wildman–Crippen MR) is 79.4 cm³/mol. The summed E-state index contributed by atoms with van der Waals surface area (Å²) >= 11 is 0. The second-order valence-electron chi connectivity index (χ2n) is 5.25. The Labute approximate surface area is 118 Å². The van der Waals surface area contributed by atoms with Crippen LogP contribution in [0.4, 0.5) is 0 Å². The number of unbranched alkanes of at least 4 members (excludes halogenated alkanes) is 1. The first-order chi connectivity index (χ1) is 9.30. The Kier molecular flexibility index (Phi) is 9.43. The maximum atomic E-state index is 5.67. The molecular weight excluding hydrogens is 240 g/mol. The van der Waals surface area contributed by atoms with Crippen molar-refractivity contribution in [3.05, 3.63) is 0 Å². The minimum atomic E-state index is -0.0757. The number of rotatable bonds is 11. The van der Waals surface area contributed by atoms with E-state index in [1.807, 2.05) is 13.8 Å². The van der Waals surface area contributed by atoms with Crippen LogP contribution in [-0.2, 0) is 9.47 Å². The lowest BCUT2D eigenvalue weighted by Gasteiger charge is -2.29. The van der Waals surface area contributed by atoms with Crippen LogP contribution in [0.1, 0.15) is 46.5 Å². The predicted octanol–water partition coefficient (Wildman–Crippen LogP) is 2.24. The van der Waals surface area contributed by atoms with E-state index in [9.17, 15) is 0 Å². The molecule has 0 saturated carbocycles. The Hall–Kier alpha value is -0.160. The summed E-state index contributed by atoms with van der Waals surface area (Å²) in [6.07, 6.45) is 5.02. The van der Waals surface area contributed by atoms with E-state index in [0.717, 1.165) is 19.6 Å². The highest BCUT2D eigenvalue weighted by molar-refractivity contribution is 4.78. The van der Waals surface area contributed by atoms with E-state index >= 15 is 0 Å². The quantitative estimate of drug-likeness (QED) is 0.585. The molecule has 0 aromatic carbocycles. The average Bonchev–Trinajstić information content (AvgIpc) is 2.89. The van der Waals surface area contributed by atoms with Gasteiger partial charge in [-0.3, -0.25) is 4.90 Å². The van der Waals surface area contributed by atoms with Crippen LogP contribution < -0.4 is 5.32 Å². The summed E-state index contributed by atoms with van der Waals surface area (Å²) in [5.74, 6) is 0. The standard InChI is InChI=1S/C15H32N2O2/c1-4-7-11-17(12-14-9-8-10-16-14)13-15(18-5-2)19-6-3/h14-16H,4-13H2,1-3H3. The lowest BCUT2D eigenvalue weighted by atomic mass is 10.2. The van der Waals surface area contributed by atoms with Gasteiger partial charge in [-0.15, -0.1) is 0 Å². The molecule has 4 heteroatoms. The van der Waals surface area contributed by atoms with Crippen molar-refractivity contribution >= 4 is 0 Å². The van der Waals surface area contributed by atoms with Crippen LogP contribution in [0.25, 0.3) is 0 Å². The van der Waals surface area contributed by atoms with Crippen molar-refractivity contribution in [2.24, 2.45) is 0 Å². The molecule has 1 atom stereocenters. The maximum absolute atomic E-state index is 5.67. The largest absolute Gasteiger partial charge is 0.352 e. The molecule has 1 heterocycles. The van der Waals surface area contributed by atoms with Gasteiger partial charge in [0, 0.05) is 32.3 Å². The Morgan fingerprint density at radius 2 is 1.95 bits per heavy atom. The molecule has 0 aromatic heterocycles. The van der Waals surface area contributed by atoms with Crippen LogP contribution in [-0.4, -0.2) is 56.6 Å². The van der Waals surface area contributed by atoms with Gasteiger partial charge in [0.15, 0.2) is 6.29 Å². The monoisotopic (exact) mass is 272 g/mol. The van der Waals surface area contributed by atoms with Crippen molar-refractivity contribution in [1.82, 2.24) is 10.2 Å². The first-order valence-electron chi connectivity index (χ1n) is 7.99. The lowest BCUT2D eigenvalue weighted by molar-refractivity contribution is -0.147. The van der Waals surface area contributed by atoms with E-state index in [1.165, 1.54) is 32.2 Å². The fraction of sp³-hybridized carbons (Fsp3) is 1.00. The van der Waals surface area contributed by atoms with Gasteiger partial charge in [-0.2, -0.15) is 0 Å². The summed E-state index contributed by atoms with van der Waals surface area (Å²) in [5.41, 5.74) is 0. The van der Waals surface area contributed by atoms with Crippen LogP contribution in [0.2, 0.25) is 0 Å². The third-order valence-corrected chi connectivity index (χ3v) is 3.58. The number of hydrogen-bond donors (Lipinski definition) is 1. The normalized spacial score (nSPS) is 19.7. The summed E-state index contributed by atoms with van der Waals surface area (Å²) in [4.78, 5) is 2.50. The number of hydrogen-bond acceptors (Lipinski definition) is 4. The van der Waals surface area contributed by atoms with Crippen molar-refractivity contribution in [3.8, 4) is 0 Å². The van der Waals surface area contributed by atoms with E-state index in [4.69, 9.17) is 9.47 Å². The molecule has 0 amide bonds. The molecule has 1 fully saturated rings. The second-order valence-corrected chi connectivity index (χ2v) is 5.25. The lowest BCUT2D eigenvalue weighted by Crippen LogP contribution is -2.43. The Balaban J connectivity index is 2.40. The molecule has 1 aliphatic rings. The molecule has 0 aromatic rings. The maximum Gasteiger partial charge on any atom is 0.170 e. The van der Waals surface area contributed by atoms with E-state index < -0.39 is 0 Å². The third-order valence-electron chi connectivity index (χ3n) is 3.58. The first-order valence-corrected chi connectivity index (χ1v) is 7.99. The van der Waals surface area contributed by atoms with Crippen LogP contribution in [0, 0.1) is 0 Å². The molecule has 114 valence electrons. The molecule has 1 aliphatic heterocycles. The SMILES string of the molecule is CCCCN(CC1CCCN1)CC(OCC)OCC. The summed E-state index contributed by atoms with van der Waals surface area (Å²) in [6.45, 7) is 12.1. The number of nitrogens with zero attached hydrogens (tertiary/aromatic N) is 1. The molecule has 4 nitrogen and oxygen atoms in total. The molecule has 0 radical (unpaired) electrons. The summed E-state index contributed by atoms with van der Waals surface area (Å²) in [7, 11) is 0. The Morgan fingerprint density at radius 1 is 1.21 bits per heavy atom. The average molecular weight is 272 g/mol. The summed E-state index contributed by atoms with van der Waals surface area (Å²) < 4.78 is 11.3. The van der Waals surface area contributed by atoms with E-state index in [1.54, 1.807) is 0 Å². The van der Waals surface area contributed by atoms with Gasteiger partial charge in [0.05, 0.1) is 0 Å². The number of nitrogens with one attached hydrogen (secondary N) is 1. The molecular formula is C15H32N2O2. The first kappa shape index (κ1) is 16.9. The van der Waals surface area contributed by atoms with Gasteiger partial charge >= 0.3 is 0 Å². The zero-order chi connectivity index (χ0) is 13.9. The summed E-state index contributed by atoms with van der Waals surface area (Å²) in [5, 5.41) is 3.58. The summed E-state index contributed by atoms with van der Waals surface area (Å²) in [6, 6.07) is 0.653. The molecule has 0 spiro atoms. The van der Waals surface area contributed by atoms with Gasteiger partial charge < -0.3 is 14.8 Å². The van der Waals surface area contributed by atoms with Gasteiger partial charge in [0.1, 0.15) is 0 Å². The van der Waals surface area contributed by atoms with Crippen molar-refractivity contribution in [1.29, 1.82) is 0 Å². The van der Waals surface area contributed by atoms with Gasteiger partial charge in [-0.1, -0.05) is 13.3 Å². The number of ether oxygens (including phenoxy) is 2. The van der Waals surface area contributed by atoms with Gasteiger partial charge in [-0.05, 0) is 46.2 Å². The van der Waals surface area contributed by atoms with Gasteiger partial charge in [-0.25, -0.2) is 0 Å². The molecule has 0 aliphatic carbocycles. The van der Waals surface area contributed by atoms with Crippen LogP contribution in [0.5, 0.6) is 0 Å². The van der Waals surface area contributed by atoms with Crippen LogP contribution in [0.3, 0.4) is 0 Å². The zero-order valence-corrected chi connectivity index (χ0v) is 13.0. The molecule has 0 bridgehead atoms. The zero-order valence-electron chi connectivity index (χ0n) is 13.0. The van der Waals surface area contributed by atoms with Crippen LogP contribution >= 0.6 is 0 Å². The topological polar surface area (TPSA) is 33.7 Å². The minimum Gasteiger partial charge on any atom is -0.352 e. The third kappa shape index (κ3) is 7.25. The van der Waals surface area contributed by atoms with E-state index in [-0.39, 0.29) is 6.29 Å². The highest BCUT2D eigenvalue weighted by Gasteiger charge is 2.20. The van der Waals surface area contributed by atoms with Crippen molar-refractivity contribution in [2.75, 3.05) is 39.4 Å². The fourth-order valence-corrected chi connectivity index (χ4v) is 2.60. The molecule has 1 unspecified atom stereocenters. The Bertz CT molecular complexity index is 202. The Morgan fingerprint density at radius 3 is 2.47 bits per heavy atom. The van der Waals surface area contributed by atoms with Gasteiger partial charge in [0.25, 0.3) is 0 Å². The molecule has 1 saturated heterocycles. The van der Waals surface area contributed by atoms with Crippen molar-refractivity contribution in [3.63, 3.8) is 0 Å². The van der Waals surface area contributed by atoms with Crippen molar-refractivity contribution in [2.45, 2.75) is 58.8 Å². The highest BCUT2D eigenvalue weighted by atomic mass is 16.7. The van der Waals surface area contributed by atoms with Gasteiger partial charge in [0.2, 0.25) is 0 Å². The minimum absolute atomic E-state index is 0.0757. The second kappa shape index (κ2) is 10.6. The fourth-order valence-electron chi connectivity index (χ4n) is 2.60. The smallest absolute Gasteiger partial charge is 0.170 e. The molecule has 19 heavy (non-hydrogen) atoms. The highest BCUT2D eigenvalue weighted by Crippen LogP contribution is 2.09.